The normalized spacial score (nSPS) is 12.7. The summed E-state index contributed by atoms with van der Waals surface area (Å²) in [5.74, 6) is 0.814. The molecule has 1 aromatic rings. The van der Waals surface area contributed by atoms with Gasteiger partial charge in [0.15, 0.2) is 0 Å². The largest absolute Gasteiger partial charge is 0.491 e. The molecule has 2 N–H and O–H groups in total. The van der Waals surface area contributed by atoms with Crippen LogP contribution in [-0.2, 0) is 4.74 Å². The summed E-state index contributed by atoms with van der Waals surface area (Å²) in [6.07, 6.45) is -0.477. The highest BCUT2D eigenvalue weighted by atomic mass is 79.9. The maximum atomic E-state index is 9.61. The Labute approximate surface area is 123 Å². The zero-order valence-electron chi connectivity index (χ0n) is 11.4. The molecule has 1 aromatic carbocycles. The van der Waals surface area contributed by atoms with Gasteiger partial charge in [-0.1, -0.05) is 29.8 Å². The van der Waals surface area contributed by atoms with E-state index in [2.05, 4.69) is 21.2 Å². The molecule has 5 heteroatoms. The van der Waals surface area contributed by atoms with Crippen molar-refractivity contribution in [3.8, 4) is 5.75 Å². The molecule has 0 radical (unpaired) electrons. The molecule has 1 unspecified atom stereocenters. The average molecular weight is 332 g/mol. The minimum absolute atomic E-state index is 0.323. The molecule has 0 heterocycles. The number of benzene rings is 1. The first-order valence-electron chi connectivity index (χ1n) is 6.45. The Morgan fingerprint density at radius 2 is 1.89 bits per heavy atom. The van der Waals surface area contributed by atoms with Crippen molar-refractivity contribution in [2.24, 2.45) is 0 Å². The van der Waals surface area contributed by atoms with Gasteiger partial charge < -0.3 is 19.9 Å². The van der Waals surface area contributed by atoms with Crippen LogP contribution >= 0.6 is 15.9 Å². The third kappa shape index (κ3) is 8.21. The fourth-order valence-corrected chi connectivity index (χ4v) is 1.66. The second kappa shape index (κ2) is 9.31. The number of nitrogens with one attached hydrogen (secondary N) is 1. The Kier molecular flexibility index (Phi) is 8.05. The average Bonchev–Trinajstić information content (AvgIpc) is 2.38. The van der Waals surface area contributed by atoms with E-state index in [4.69, 9.17) is 9.47 Å². The van der Waals surface area contributed by atoms with Gasteiger partial charge in [-0.2, -0.15) is 0 Å². The monoisotopic (exact) mass is 331 g/mol. The van der Waals surface area contributed by atoms with E-state index in [9.17, 15) is 5.11 Å². The van der Waals surface area contributed by atoms with Gasteiger partial charge in [0.25, 0.3) is 0 Å². The van der Waals surface area contributed by atoms with Crippen LogP contribution in [0.1, 0.15) is 13.8 Å². The standard InChI is InChI=1S/C14H22BrNO3/c1-11(2)16-9-13(17)10-18-7-8-19-14-5-3-12(15)4-6-14/h3-6,11,13,16-17H,7-10H2,1-2H3. The Bertz CT molecular complexity index is 343. The highest BCUT2D eigenvalue weighted by molar-refractivity contribution is 9.10. The van der Waals surface area contributed by atoms with E-state index in [1.165, 1.54) is 0 Å². The molecule has 0 aromatic heterocycles. The maximum absolute atomic E-state index is 9.61. The summed E-state index contributed by atoms with van der Waals surface area (Å²) in [5, 5.41) is 12.8. The number of hydrogen-bond acceptors (Lipinski definition) is 4. The van der Waals surface area contributed by atoms with Gasteiger partial charge >= 0.3 is 0 Å². The minimum atomic E-state index is -0.477. The third-order valence-corrected chi connectivity index (χ3v) is 2.91. The topological polar surface area (TPSA) is 50.7 Å². The second-order valence-electron chi connectivity index (χ2n) is 4.59. The van der Waals surface area contributed by atoms with Crippen LogP contribution in [0.5, 0.6) is 5.75 Å². The van der Waals surface area contributed by atoms with Crippen LogP contribution in [0.3, 0.4) is 0 Å². The second-order valence-corrected chi connectivity index (χ2v) is 5.51. The molecule has 108 valence electrons. The Morgan fingerprint density at radius 1 is 1.21 bits per heavy atom. The quantitative estimate of drug-likeness (QED) is 0.681. The van der Waals surface area contributed by atoms with Crippen LogP contribution in [-0.4, -0.2) is 43.6 Å². The molecule has 19 heavy (non-hydrogen) atoms. The number of hydrogen-bond donors (Lipinski definition) is 2. The highest BCUT2D eigenvalue weighted by Crippen LogP contribution is 2.15. The number of aliphatic hydroxyl groups is 1. The van der Waals surface area contributed by atoms with Crippen molar-refractivity contribution in [1.29, 1.82) is 0 Å². The van der Waals surface area contributed by atoms with Gasteiger partial charge in [-0.15, -0.1) is 0 Å². The van der Waals surface area contributed by atoms with Gasteiger partial charge in [-0.05, 0) is 24.3 Å². The van der Waals surface area contributed by atoms with Crippen molar-refractivity contribution in [3.05, 3.63) is 28.7 Å². The summed E-state index contributed by atoms with van der Waals surface area (Å²) in [6.45, 7) is 5.90. The van der Waals surface area contributed by atoms with Crippen LogP contribution < -0.4 is 10.1 Å². The fraction of sp³-hybridized carbons (Fsp3) is 0.571. The van der Waals surface area contributed by atoms with Crippen LogP contribution in [0.25, 0.3) is 0 Å². The van der Waals surface area contributed by atoms with E-state index in [1.807, 2.05) is 38.1 Å². The number of aliphatic hydroxyl groups excluding tert-OH is 1. The predicted octanol–water partition coefficient (Wildman–Crippen LogP) is 2.20. The molecule has 0 amide bonds. The summed E-state index contributed by atoms with van der Waals surface area (Å²) >= 11 is 3.37. The number of rotatable bonds is 9. The van der Waals surface area contributed by atoms with Crippen LogP contribution in [0.4, 0.5) is 0 Å². The van der Waals surface area contributed by atoms with Crippen LogP contribution in [0.15, 0.2) is 28.7 Å². The molecule has 0 fully saturated rings. The van der Waals surface area contributed by atoms with Crippen LogP contribution in [0, 0.1) is 0 Å². The Morgan fingerprint density at radius 3 is 2.53 bits per heavy atom. The highest BCUT2D eigenvalue weighted by Gasteiger charge is 2.04. The Balaban J connectivity index is 2.03. The zero-order chi connectivity index (χ0) is 14.1. The maximum Gasteiger partial charge on any atom is 0.119 e. The number of ether oxygens (including phenoxy) is 2. The van der Waals surface area contributed by atoms with Gasteiger partial charge in [-0.3, -0.25) is 0 Å². The van der Waals surface area contributed by atoms with E-state index < -0.39 is 6.10 Å². The smallest absolute Gasteiger partial charge is 0.119 e. The minimum Gasteiger partial charge on any atom is -0.491 e. The van der Waals surface area contributed by atoms with E-state index >= 15 is 0 Å². The summed E-state index contributed by atoms with van der Waals surface area (Å²) in [5.41, 5.74) is 0. The molecule has 0 saturated carbocycles. The molecule has 4 nitrogen and oxygen atoms in total. The molecule has 1 atom stereocenters. The molecule has 0 bridgehead atoms. The third-order valence-electron chi connectivity index (χ3n) is 2.38. The van der Waals surface area contributed by atoms with Crippen molar-refractivity contribution in [1.82, 2.24) is 5.32 Å². The van der Waals surface area contributed by atoms with Crippen molar-refractivity contribution >= 4 is 15.9 Å². The molecular formula is C14H22BrNO3. The lowest BCUT2D eigenvalue weighted by Crippen LogP contribution is -2.34. The van der Waals surface area contributed by atoms with Crippen molar-refractivity contribution < 1.29 is 14.6 Å². The SMILES string of the molecule is CC(C)NCC(O)COCCOc1ccc(Br)cc1. The predicted molar refractivity (Wildman–Crippen MR) is 79.6 cm³/mol. The van der Waals surface area contributed by atoms with E-state index in [0.29, 0.717) is 32.4 Å². The van der Waals surface area contributed by atoms with Gasteiger partial charge in [0.05, 0.1) is 19.3 Å². The van der Waals surface area contributed by atoms with Gasteiger partial charge in [-0.25, -0.2) is 0 Å². The van der Waals surface area contributed by atoms with Gasteiger partial charge in [0.2, 0.25) is 0 Å². The number of halogens is 1. The van der Waals surface area contributed by atoms with E-state index in [-0.39, 0.29) is 0 Å². The van der Waals surface area contributed by atoms with Crippen LogP contribution in [0.2, 0.25) is 0 Å². The first-order chi connectivity index (χ1) is 9.08. The lowest BCUT2D eigenvalue weighted by atomic mass is 10.3. The summed E-state index contributed by atoms with van der Waals surface area (Å²) in [4.78, 5) is 0. The summed E-state index contributed by atoms with van der Waals surface area (Å²) in [7, 11) is 0. The first kappa shape index (κ1) is 16.4. The van der Waals surface area contributed by atoms with E-state index in [0.717, 1.165) is 10.2 Å². The Hall–Kier alpha value is -0.620. The van der Waals surface area contributed by atoms with Gasteiger partial charge in [0, 0.05) is 17.1 Å². The summed E-state index contributed by atoms with van der Waals surface area (Å²) < 4.78 is 11.9. The van der Waals surface area contributed by atoms with Crippen molar-refractivity contribution in [3.63, 3.8) is 0 Å². The zero-order valence-corrected chi connectivity index (χ0v) is 13.0. The van der Waals surface area contributed by atoms with Gasteiger partial charge in [0.1, 0.15) is 12.4 Å². The first-order valence-corrected chi connectivity index (χ1v) is 7.25. The molecule has 0 aliphatic rings. The molecule has 0 aliphatic heterocycles. The van der Waals surface area contributed by atoms with Crippen molar-refractivity contribution in [2.45, 2.75) is 26.0 Å². The molecule has 0 aliphatic carbocycles. The lowest BCUT2D eigenvalue weighted by Gasteiger charge is -2.14. The summed E-state index contributed by atoms with van der Waals surface area (Å²) in [6, 6.07) is 8.02. The fourth-order valence-electron chi connectivity index (χ4n) is 1.40. The lowest BCUT2D eigenvalue weighted by molar-refractivity contribution is 0.0244. The molecule has 0 saturated heterocycles. The molecule has 0 spiro atoms. The van der Waals surface area contributed by atoms with Crippen molar-refractivity contribution in [2.75, 3.05) is 26.4 Å². The molecular weight excluding hydrogens is 310 g/mol. The van der Waals surface area contributed by atoms with E-state index in [1.54, 1.807) is 0 Å². The molecule has 1 rings (SSSR count).